The van der Waals surface area contributed by atoms with Gasteiger partial charge in [-0.05, 0) is 46.9 Å². The Balaban J connectivity index is 1.59. The number of carbonyl (C=O) groups is 1. The quantitative estimate of drug-likeness (QED) is 0.672. The molecule has 0 spiro atoms. The van der Waals surface area contributed by atoms with E-state index in [9.17, 15) is 4.79 Å². The molecule has 23 heavy (non-hydrogen) atoms. The number of carbonyl (C=O) groups excluding carboxylic acids is 1. The summed E-state index contributed by atoms with van der Waals surface area (Å²) in [5, 5.41) is 8.02. The normalized spacial score (nSPS) is 10.5. The molecule has 0 radical (unpaired) electrons. The van der Waals surface area contributed by atoms with Crippen LogP contribution in [0.15, 0.2) is 71.6 Å². The lowest BCUT2D eigenvalue weighted by Crippen LogP contribution is -2.28. The monoisotopic (exact) mass is 322 g/mol. The first-order chi connectivity index (χ1) is 11.2. The molecule has 0 atom stereocenters. The maximum Gasteiger partial charge on any atom is 0.319 e. The lowest BCUT2D eigenvalue weighted by Gasteiger charge is -2.09. The van der Waals surface area contributed by atoms with Gasteiger partial charge in [-0.2, -0.15) is 0 Å². The third-order valence-corrected chi connectivity index (χ3v) is 4.36. The Kier molecular flexibility index (Phi) is 4.83. The van der Waals surface area contributed by atoms with Crippen molar-refractivity contribution in [3.05, 3.63) is 72.3 Å². The van der Waals surface area contributed by atoms with Crippen LogP contribution in [0.4, 0.5) is 10.5 Å². The number of thioether (sulfide) groups is 1. The van der Waals surface area contributed by atoms with Crippen LogP contribution in [0.3, 0.4) is 0 Å². The zero-order valence-corrected chi connectivity index (χ0v) is 13.7. The molecule has 0 aliphatic rings. The van der Waals surface area contributed by atoms with Crippen LogP contribution in [0.5, 0.6) is 0 Å². The lowest BCUT2D eigenvalue weighted by atomic mass is 10.1. The van der Waals surface area contributed by atoms with Crippen LogP contribution in [0.2, 0.25) is 0 Å². The molecule has 2 amide bonds. The van der Waals surface area contributed by atoms with Crippen LogP contribution in [0.25, 0.3) is 10.8 Å². The predicted molar refractivity (Wildman–Crippen MR) is 98.0 cm³/mol. The van der Waals surface area contributed by atoms with E-state index in [1.54, 1.807) is 11.8 Å². The highest BCUT2D eigenvalue weighted by atomic mass is 32.2. The van der Waals surface area contributed by atoms with Crippen LogP contribution in [0, 0.1) is 0 Å². The molecular weight excluding hydrogens is 304 g/mol. The number of anilines is 1. The first-order valence-electron chi connectivity index (χ1n) is 7.41. The van der Waals surface area contributed by atoms with Crippen LogP contribution in [-0.4, -0.2) is 12.3 Å². The van der Waals surface area contributed by atoms with Gasteiger partial charge in [0.2, 0.25) is 0 Å². The summed E-state index contributed by atoms with van der Waals surface area (Å²) in [7, 11) is 0. The average Bonchev–Trinajstić information content (AvgIpc) is 2.60. The highest BCUT2D eigenvalue weighted by molar-refractivity contribution is 7.98. The smallest absolute Gasteiger partial charge is 0.319 e. The molecular formula is C19H18N2OS. The summed E-state index contributed by atoms with van der Waals surface area (Å²) >= 11 is 1.70. The molecule has 0 unspecified atom stereocenters. The van der Waals surface area contributed by atoms with E-state index >= 15 is 0 Å². The standard InChI is InChI=1S/C19H18N2OS/c1-23-18-10-6-14(7-11-18)13-20-19(22)21-17-9-8-15-4-2-3-5-16(15)12-17/h2-12H,13H2,1H3,(H2,20,21,22). The summed E-state index contributed by atoms with van der Waals surface area (Å²) < 4.78 is 0. The molecule has 3 aromatic rings. The summed E-state index contributed by atoms with van der Waals surface area (Å²) in [6, 6.07) is 22.0. The van der Waals surface area contributed by atoms with E-state index in [1.165, 1.54) is 4.90 Å². The third-order valence-electron chi connectivity index (χ3n) is 3.62. The number of amides is 2. The fourth-order valence-corrected chi connectivity index (χ4v) is 2.78. The molecule has 3 aromatic carbocycles. The molecule has 2 N–H and O–H groups in total. The van der Waals surface area contributed by atoms with Crippen LogP contribution in [0.1, 0.15) is 5.56 Å². The van der Waals surface area contributed by atoms with Crippen molar-refractivity contribution in [3.63, 3.8) is 0 Å². The van der Waals surface area contributed by atoms with E-state index in [4.69, 9.17) is 0 Å². The third kappa shape index (κ3) is 4.05. The van der Waals surface area contributed by atoms with Crippen molar-refractivity contribution in [1.82, 2.24) is 5.32 Å². The molecule has 0 bridgehead atoms. The first-order valence-corrected chi connectivity index (χ1v) is 8.64. The van der Waals surface area contributed by atoms with Gasteiger partial charge < -0.3 is 10.6 Å². The molecule has 0 saturated heterocycles. The zero-order valence-electron chi connectivity index (χ0n) is 12.9. The van der Waals surface area contributed by atoms with Gasteiger partial charge in [0.15, 0.2) is 0 Å². The average molecular weight is 322 g/mol. The van der Waals surface area contributed by atoms with Crippen molar-refractivity contribution in [2.45, 2.75) is 11.4 Å². The maximum absolute atomic E-state index is 12.0. The Morgan fingerprint density at radius 1 is 0.957 bits per heavy atom. The number of rotatable bonds is 4. The molecule has 0 aromatic heterocycles. The van der Waals surface area contributed by atoms with E-state index in [1.807, 2.05) is 54.8 Å². The SMILES string of the molecule is CSc1ccc(CNC(=O)Nc2ccc3ccccc3c2)cc1. The van der Waals surface area contributed by atoms with Crippen LogP contribution >= 0.6 is 11.8 Å². The predicted octanol–water partition coefficient (Wildman–Crippen LogP) is 4.88. The highest BCUT2D eigenvalue weighted by Gasteiger charge is 2.03. The minimum absolute atomic E-state index is 0.200. The Bertz CT molecular complexity index is 815. The Morgan fingerprint density at radius 2 is 1.70 bits per heavy atom. The summed E-state index contributed by atoms with van der Waals surface area (Å²) in [6.07, 6.45) is 2.05. The van der Waals surface area contributed by atoms with E-state index in [2.05, 4.69) is 28.8 Å². The molecule has 0 aliphatic heterocycles. The molecule has 4 heteroatoms. The minimum Gasteiger partial charge on any atom is -0.334 e. The molecule has 0 saturated carbocycles. The number of nitrogens with one attached hydrogen (secondary N) is 2. The number of hydrogen-bond donors (Lipinski definition) is 2. The van der Waals surface area contributed by atoms with Gasteiger partial charge in [-0.15, -0.1) is 11.8 Å². The molecule has 3 rings (SSSR count). The van der Waals surface area contributed by atoms with Crippen LogP contribution in [-0.2, 0) is 6.54 Å². The molecule has 0 heterocycles. The van der Waals surface area contributed by atoms with Gasteiger partial charge in [-0.25, -0.2) is 4.79 Å². The van der Waals surface area contributed by atoms with Crippen molar-refractivity contribution in [1.29, 1.82) is 0 Å². The Labute approximate surface area is 140 Å². The van der Waals surface area contributed by atoms with Crippen molar-refractivity contribution in [2.75, 3.05) is 11.6 Å². The van der Waals surface area contributed by atoms with Crippen molar-refractivity contribution < 1.29 is 4.79 Å². The zero-order chi connectivity index (χ0) is 16.1. The fourth-order valence-electron chi connectivity index (χ4n) is 2.37. The largest absolute Gasteiger partial charge is 0.334 e. The Hall–Kier alpha value is -2.46. The number of benzene rings is 3. The van der Waals surface area contributed by atoms with Gasteiger partial charge in [-0.1, -0.05) is 42.5 Å². The van der Waals surface area contributed by atoms with Crippen molar-refractivity contribution in [3.8, 4) is 0 Å². The Morgan fingerprint density at radius 3 is 2.43 bits per heavy atom. The number of hydrogen-bond acceptors (Lipinski definition) is 2. The molecule has 116 valence electrons. The van der Waals surface area contributed by atoms with Gasteiger partial charge in [0.1, 0.15) is 0 Å². The second-order valence-electron chi connectivity index (χ2n) is 5.22. The highest BCUT2D eigenvalue weighted by Crippen LogP contribution is 2.19. The maximum atomic E-state index is 12.0. The van der Waals surface area contributed by atoms with E-state index in [-0.39, 0.29) is 6.03 Å². The second kappa shape index (κ2) is 7.20. The van der Waals surface area contributed by atoms with Gasteiger partial charge in [0, 0.05) is 17.1 Å². The van der Waals surface area contributed by atoms with Crippen molar-refractivity contribution in [2.24, 2.45) is 0 Å². The van der Waals surface area contributed by atoms with Crippen molar-refractivity contribution >= 4 is 34.3 Å². The van der Waals surface area contributed by atoms with Gasteiger partial charge in [0.05, 0.1) is 0 Å². The lowest BCUT2D eigenvalue weighted by molar-refractivity contribution is 0.251. The van der Waals surface area contributed by atoms with Gasteiger partial charge in [-0.3, -0.25) is 0 Å². The van der Waals surface area contributed by atoms with Gasteiger partial charge in [0.25, 0.3) is 0 Å². The summed E-state index contributed by atoms with van der Waals surface area (Å²) in [4.78, 5) is 13.2. The molecule has 0 fully saturated rings. The van der Waals surface area contributed by atoms with Gasteiger partial charge >= 0.3 is 6.03 Å². The van der Waals surface area contributed by atoms with E-state index in [0.29, 0.717) is 6.54 Å². The number of urea groups is 1. The summed E-state index contributed by atoms with van der Waals surface area (Å²) in [5.41, 5.74) is 1.87. The fraction of sp³-hybridized carbons (Fsp3) is 0.105. The number of fused-ring (bicyclic) bond motifs is 1. The molecule has 3 nitrogen and oxygen atoms in total. The second-order valence-corrected chi connectivity index (χ2v) is 6.10. The first kappa shape index (κ1) is 15.4. The summed E-state index contributed by atoms with van der Waals surface area (Å²) in [5.74, 6) is 0. The van der Waals surface area contributed by atoms with E-state index in [0.717, 1.165) is 22.0 Å². The topological polar surface area (TPSA) is 41.1 Å². The minimum atomic E-state index is -0.200. The summed E-state index contributed by atoms with van der Waals surface area (Å²) in [6.45, 7) is 0.508. The van der Waals surface area contributed by atoms with Crippen LogP contribution < -0.4 is 10.6 Å². The van der Waals surface area contributed by atoms with E-state index < -0.39 is 0 Å². The molecule has 0 aliphatic carbocycles.